The van der Waals surface area contributed by atoms with Gasteiger partial charge < -0.3 is 15.0 Å². The van der Waals surface area contributed by atoms with Gasteiger partial charge in [0, 0.05) is 30.1 Å². The van der Waals surface area contributed by atoms with Crippen molar-refractivity contribution >= 4 is 17.4 Å². The molecule has 22 heavy (non-hydrogen) atoms. The summed E-state index contributed by atoms with van der Waals surface area (Å²) in [5, 5.41) is 3.70. The predicted octanol–water partition coefficient (Wildman–Crippen LogP) is 2.97. The van der Waals surface area contributed by atoms with Crippen LogP contribution in [-0.2, 0) is 4.74 Å². The van der Waals surface area contributed by atoms with E-state index in [4.69, 9.17) is 4.74 Å². The first-order valence-corrected chi connectivity index (χ1v) is 8.78. The van der Waals surface area contributed by atoms with Crippen LogP contribution in [0.25, 0.3) is 0 Å². The molecule has 1 amide bonds. The van der Waals surface area contributed by atoms with E-state index in [9.17, 15) is 4.79 Å². The summed E-state index contributed by atoms with van der Waals surface area (Å²) in [6.45, 7) is 11.6. The number of ether oxygens (including phenoxy) is 1. The molecular weight excluding hydrogens is 298 g/mol. The van der Waals surface area contributed by atoms with E-state index in [1.54, 1.807) is 11.3 Å². The molecule has 122 valence electrons. The lowest BCUT2D eigenvalue weighted by Gasteiger charge is -2.26. The van der Waals surface area contributed by atoms with Crippen LogP contribution in [0.4, 0.5) is 4.79 Å². The van der Waals surface area contributed by atoms with E-state index in [0.29, 0.717) is 23.9 Å². The zero-order chi connectivity index (χ0) is 16.1. The highest BCUT2D eigenvalue weighted by molar-refractivity contribution is 7.09. The van der Waals surface area contributed by atoms with Crippen molar-refractivity contribution in [1.82, 2.24) is 15.2 Å². The average molecular weight is 323 g/mol. The number of carbonyl (C=O) groups excluding carboxylic acids is 1. The van der Waals surface area contributed by atoms with Crippen LogP contribution in [0.5, 0.6) is 0 Å². The van der Waals surface area contributed by atoms with Gasteiger partial charge in [-0.1, -0.05) is 0 Å². The van der Waals surface area contributed by atoms with Gasteiger partial charge in [-0.3, -0.25) is 0 Å². The van der Waals surface area contributed by atoms with Crippen LogP contribution in [0.3, 0.4) is 0 Å². The fourth-order valence-corrected chi connectivity index (χ4v) is 4.16. The number of likely N-dealkylation sites (tertiary alicyclic amines) is 1. The number of hydrogen-bond donors (Lipinski definition) is 1. The van der Waals surface area contributed by atoms with E-state index in [0.717, 1.165) is 18.8 Å². The van der Waals surface area contributed by atoms with Crippen molar-refractivity contribution < 1.29 is 9.53 Å². The van der Waals surface area contributed by atoms with Crippen molar-refractivity contribution in [3.05, 3.63) is 16.1 Å². The topological polar surface area (TPSA) is 54.5 Å². The van der Waals surface area contributed by atoms with E-state index in [1.165, 1.54) is 4.88 Å². The fourth-order valence-electron chi connectivity index (χ4n) is 3.34. The van der Waals surface area contributed by atoms with Gasteiger partial charge in [0.2, 0.25) is 0 Å². The second-order valence-electron chi connectivity index (χ2n) is 7.43. The summed E-state index contributed by atoms with van der Waals surface area (Å²) >= 11 is 1.71. The number of aromatic nitrogens is 1. The second-order valence-corrected chi connectivity index (χ2v) is 8.32. The van der Waals surface area contributed by atoms with E-state index >= 15 is 0 Å². The first kappa shape index (κ1) is 15.7. The molecule has 1 aliphatic heterocycles. The summed E-state index contributed by atoms with van der Waals surface area (Å²) < 4.78 is 5.44. The highest BCUT2D eigenvalue weighted by Gasteiger charge is 2.57. The number of nitrogens with one attached hydrogen (secondary N) is 1. The minimum absolute atomic E-state index is 0.176. The van der Waals surface area contributed by atoms with Crippen LogP contribution >= 0.6 is 11.3 Å². The molecule has 0 bridgehead atoms. The molecule has 1 saturated carbocycles. The highest BCUT2D eigenvalue weighted by atomic mass is 32.1. The molecule has 2 aliphatic rings. The number of amides is 1. The first-order chi connectivity index (χ1) is 10.3. The Balaban J connectivity index is 1.49. The Labute approximate surface area is 136 Å². The molecule has 1 aromatic heterocycles. The molecule has 2 fully saturated rings. The first-order valence-electron chi connectivity index (χ1n) is 7.90. The zero-order valence-corrected chi connectivity index (χ0v) is 14.7. The number of carbonyl (C=O) groups is 1. The van der Waals surface area contributed by atoms with Gasteiger partial charge >= 0.3 is 6.09 Å². The second kappa shape index (κ2) is 5.49. The summed E-state index contributed by atoms with van der Waals surface area (Å²) in [5.74, 6) is 1.14. The lowest BCUT2D eigenvalue weighted by atomic mass is 10.2. The van der Waals surface area contributed by atoms with E-state index in [1.807, 2.05) is 31.2 Å². The van der Waals surface area contributed by atoms with Crippen LogP contribution in [0, 0.1) is 18.8 Å². The van der Waals surface area contributed by atoms with Gasteiger partial charge in [-0.25, -0.2) is 9.78 Å². The summed E-state index contributed by atoms with van der Waals surface area (Å²) in [5.41, 5.74) is 2.60. The maximum absolute atomic E-state index is 12.1. The van der Waals surface area contributed by atoms with E-state index in [-0.39, 0.29) is 6.09 Å². The minimum Gasteiger partial charge on any atom is -0.444 e. The Hall–Kier alpha value is -1.14. The van der Waals surface area contributed by atoms with Crippen LogP contribution in [0.2, 0.25) is 0 Å². The molecule has 3 rings (SSSR count). The Morgan fingerprint density at radius 1 is 1.45 bits per heavy atom. The van der Waals surface area contributed by atoms with E-state index < -0.39 is 5.60 Å². The normalized spacial score (nSPS) is 28.4. The molecule has 1 N–H and O–H groups in total. The van der Waals surface area contributed by atoms with Gasteiger partial charge in [0.15, 0.2) is 0 Å². The summed E-state index contributed by atoms with van der Waals surface area (Å²) in [6, 6.07) is 0.855. The van der Waals surface area contributed by atoms with Crippen LogP contribution in [-0.4, -0.2) is 40.7 Å². The van der Waals surface area contributed by atoms with Crippen LogP contribution in [0.1, 0.15) is 44.3 Å². The molecule has 6 heteroatoms. The Bertz CT molecular complexity index is 554. The molecule has 3 unspecified atom stereocenters. The van der Waals surface area contributed by atoms with Crippen molar-refractivity contribution in [2.45, 2.75) is 52.3 Å². The van der Waals surface area contributed by atoms with Crippen molar-refractivity contribution in [2.24, 2.45) is 11.8 Å². The van der Waals surface area contributed by atoms with Gasteiger partial charge in [0.05, 0.1) is 11.2 Å². The number of hydrogen-bond acceptors (Lipinski definition) is 5. The van der Waals surface area contributed by atoms with Crippen LogP contribution in [0.15, 0.2) is 5.51 Å². The SMILES string of the molecule is Cc1ncsc1C(C)NC1C2CN(C(=O)OC(C)(C)C)CC21. The van der Waals surface area contributed by atoms with Crippen molar-refractivity contribution in [3.63, 3.8) is 0 Å². The Morgan fingerprint density at radius 2 is 2.09 bits per heavy atom. The highest BCUT2D eigenvalue weighted by Crippen LogP contribution is 2.47. The number of aryl methyl sites for hydroxylation is 1. The summed E-state index contributed by atoms with van der Waals surface area (Å²) in [7, 11) is 0. The molecule has 1 saturated heterocycles. The number of fused-ring (bicyclic) bond motifs is 1. The van der Waals surface area contributed by atoms with Gasteiger partial charge in [-0.15, -0.1) is 11.3 Å². The Morgan fingerprint density at radius 3 is 2.59 bits per heavy atom. The number of piperidine rings is 1. The van der Waals surface area contributed by atoms with Gasteiger partial charge in [0.1, 0.15) is 5.60 Å². The van der Waals surface area contributed by atoms with E-state index in [2.05, 4.69) is 24.1 Å². The zero-order valence-electron chi connectivity index (χ0n) is 13.9. The molecule has 3 atom stereocenters. The number of rotatable bonds is 3. The summed E-state index contributed by atoms with van der Waals surface area (Å²) in [4.78, 5) is 19.5. The van der Waals surface area contributed by atoms with Crippen molar-refractivity contribution in [2.75, 3.05) is 13.1 Å². The maximum atomic E-state index is 12.1. The minimum atomic E-state index is -0.417. The number of thiazole rings is 1. The molecule has 2 heterocycles. The molecule has 1 aromatic rings. The summed E-state index contributed by atoms with van der Waals surface area (Å²) in [6.07, 6.45) is -0.176. The fraction of sp³-hybridized carbons (Fsp3) is 0.750. The molecular formula is C16H25N3O2S. The largest absolute Gasteiger partial charge is 0.444 e. The lowest BCUT2D eigenvalue weighted by Crippen LogP contribution is -2.39. The van der Waals surface area contributed by atoms with Crippen molar-refractivity contribution in [1.29, 1.82) is 0 Å². The molecule has 1 aliphatic carbocycles. The quantitative estimate of drug-likeness (QED) is 0.929. The lowest BCUT2D eigenvalue weighted by molar-refractivity contribution is 0.0269. The van der Waals surface area contributed by atoms with Gasteiger partial charge in [0.25, 0.3) is 0 Å². The average Bonchev–Trinajstić information content (AvgIpc) is 2.82. The number of nitrogens with zero attached hydrogens (tertiary/aromatic N) is 2. The predicted molar refractivity (Wildman–Crippen MR) is 87.0 cm³/mol. The smallest absolute Gasteiger partial charge is 0.410 e. The molecule has 0 aromatic carbocycles. The maximum Gasteiger partial charge on any atom is 0.410 e. The van der Waals surface area contributed by atoms with Crippen molar-refractivity contribution in [3.8, 4) is 0 Å². The Kier molecular flexibility index (Phi) is 3.93. The third-order valence-corrected chi connectivity index (χ3v) is 5.58. The third-order valence-electron chi connectivity index (χ3n) is 4.46. The van der Waals surface area contributed by atoms with Crippen LogP contribution < -0.4 is 5.32 Å². The van der Waals surface area contributed by atoms with Gasteiger partial charge in [-0.05, 0) is 46.5 Å². The monoisotopic (exact) mass is 323 g/mol. The van der Waals surface area contributed by atoms with Gasteiger partial charge in [-0.2, -0.15) is 0 Å². The molecule has 0 spiro atoms. The third kappa shape index (κ3) is 3.13. The standard InChI is InChI=1S/C16H25N3O2S/c1-9-14(22-8-17-9)10(2)18-13-11-6-19(7-12(11)13)15(20)21-16(3,4)5/h8,10-13,18H,6-7H2,1-5H3. The molecule has 0 radical (unpaired) electrons. The molecule has 5 nitrogen and oxygen atoms in total.